The van der Waals surface area contributed by atoms with E-state index in [9.17, 15) is 4.79 Å². The van der Waals surface area contributed by atoms with Crippen LogP contribution in [0.3, 0.4) is 0 Å². The van der Waals surface area contributed by atoms with E-state index in [1.165, 1.54) is 6.07 Å². The van der Waals surface area contributed by atoms with E-state index < -0.39 is 5.79 Å². The molecule has 0 saturated carbocycles. The summed E-state index contributed by atoms with van der Waals surface area (Å²) in [6, 6.07) is 3.14. The Balaban J connectivity index is 2.21. The maximum atomic E-state index is 11.2. The topological polar surface area (TPSA) is 48.7 Å². The molecule has 16 heavy (non-hydrogen) atoms. The predicted octanol–water partition coefficient (Wildman–Crippen LogP) is 1.64. The van der Waals surface area contributed by atoms with E-state index in [1.54, 1.807) is 19.4 Å². The maximum absolute atomic E-state index is 11.2. The molecule has 1 aliphatic heterocycles. The Morgan fingerprint density at radius 1 is 1.44 bits per heavy atom. The second-order valence-electron chi connectivity index (χ2n) is 3.76. The van der Waals surface area contributed by atoms with Crippen molar-refractivity contribution in [1.29, 1.82) is 0 Å². The highest BCUT2D eigenvalue weighted by molar-refractivity contribution is 5.58. The van der Waals surface area contributed by atoms with E-state index in [-0.39, 0.29) is 11.5 Å². The summed E-state index contributed by atoms with van der Waals surface area (Å²) in [5.41, 5.74) is 0.520. The molecule has 1 aromatic heterocycles. The largest absolute Gasteiger partial charge is 0.465 e. The van der Waals surface area contributed by atoms with E-state index in [1.807, 2.05) is 18.2 Å². The average molecular weight is 218 g/mol. The lowest BCUT2D eigenvalue weighted by Gasteiger charge is -2.32. The quantitative estimate of drug-likeness (QED) is 0.718. The summed E-state index contributed by atoms with van der Waals surface area (Å²) in [6.07, 6.45) is 7.07. The van der Waals surface area contributed by atoms with Crippen LogP contribution < -0.4 is 5.63 Å². The average Bonchev–Trinajstić information content (AvgIpc) is 2.73. The minimum Gasteiger partial charge on any atom is -0.465 e. The van der Waals surface area contributed by atoms with Crippen LogP contribution in [-0.4, -0.2) is 12.9 Å². The predicted molar refractivity (Wildman–Crippen MR) is 56.7 cm³/mol. The van der Waals surface area contributed by atoms with Crippen molar-refractivity contribution in [1.82, 2.24) is 0 Å². The van der Waals surface area contributed by atoms with E-state index in [0.29, 0.717) is 5.76 Å². The molecule has 0 N–H and O–H groups in total. The minimum atomic E-state index is -0.857. The van der Waals surface area contributed by atoms with Gasteiger partial charge in [-0.15, -0.1) is 0 Å². The van der Waals surface area contributed by atoms with Gasteiger partial charge in [0.1, 0.15) is 11.7 Å². The van der Waals surface area contributed by atoms with Gasteiger partial charge in [0.15, 0.2) is 0 Å². The van der Waals surface area contributed by atoms with Crippen molar-refractivity contribution < 1.29 is 13.9 Å². The van der Waals surface area contributed by atoms with Crippen LogP contribution in [0.2, 0.25) is 0 Å². The number of rotatable bonds is 1. The number of ether oxygens (including phenoxy) is 2. The first-order valence-corrected chi connectivity index (χ1v) is 4.98. The number of hydrogen-bond acceptors (Lipinski definition) is 4. The SMILES string of the molecule is COC12C=Cc3ccc(=O)oc3C1C=CO2. The summed E-state index contributed by atoms with van der Waals surface area (Å²) < 4.78 is 16.0. The molecule has 0 radical (unpaired) electrons. The third kappa shape index (κ3) is 1.10. The van der Waals surface area contributed by atoms with Gasteiger partial charge < -0.3 is 13.9 Å². The van der Waals surface area contributed by atoms with Crippen LogP contribution in [-0.2, 0) is 9.47 Å². The van der Waals surface area contributed by atoms with Gasteiger partial charge in [0, 0.05) is 18.7 Å². The smallest absolute Gasteiger partial charge is 0.335 e. The Bertz CT molecular complexity index is 540. The van der Waals surface area contributed by atoms with Gasteiger partial charge in [-0.3, -0.25) is 0 Å². The molecule has 82 valence electrons. The first kappa shape index (κ1) is 9.42. The lowest BCUT2D eigenvalue weighted by molar-refractivity contribution is -0.150. The lowest BCUT2D eigenvalue weighted by atomic mass is 9.88. The van der Waals surface area contributed by atoms with Crippen molar-refractivity contribution in [2.24, 2.45) is 0 Å². The van der Waals surface area contributed by atoms with Gasteiger partial charge in [-0.2, -0.15) is 0 Å². The van der Waals surface area contributed by atoms with Crippen LogP contribution in [0.15, 0.2) is 39.8 Å². The molecule has 0 fully saturated rings. The molecule has 0 bridgehead atoms. The number of hydrogen-bond donors (Lipinski definition) is 0. The standard InChI is InChI=1S/C12H10O4/c1-14-12-6-4-8-2-3-10(13)16-11(8)9(12)5-7-15-12/h2-7,9H,1H3. The molecule has 0 aromatic carbocycles. The fourth-order valence-corrected chi connectivity index (χ4v) is 2.12. The lowest BCUT2D eigenvalue weighted by Crippen LogP contribution is -2.36. The summed E-state index contributed by atoms with van der Waals surface area (Å²) in [4.78, 5) is 11.2. The van der Waals surface area contributed by atoms with Crippen molar-refractivity contribution in [3.05, 3.63) is 52.3 Å². The molecule has 2 unspecified atom stereocenters. The third-order valence-corrected chi connectivity index (χ3v) is 2.95. The Kier molecular flexibility index (Phi) is 1.82. The van der Waals surface area contributed by atoms with E-state index in [0.717, 1.165) is 5.56 Å². The van der Waals surface area contributed by atoms with Gasteiger partial charge in [0.05, 0.1) is 6.26 Å². The summed E-state index contributed by atoms with van der Waals surface area (Å²) in [6.45, 7) is 0. The third-order valence-electron chi connectivity index (χ3n) is 2.95. The summed E-state index contributed by atoms with van der Waals surface area (Å²) >= 11 is 0. The highest BCUT2D eigenvalue weighted by Gasteiger charge is 2.46. The second-order valence-corrected chi connectivity index (χ2v) is 3.76. The molecular weight excluding hydrogens is 208 g/mol. The van der Waals surface area contributed by atoms with Gasteiger partial charge in [-0.25, -0.2) is 4.79 Å². The van der Waals surface area contributed by atoms with Gasteiger partial charge in [-0.1, -0.05) is 0 Å². The maximum Gasteiger partial charge on any atom is 0.335 e. The van der Waals surface area contributed by atoms with Crippen LogP contribution >= 0.6 is 0 Å². The molecule has 0 amide bonds. The van der Waals surface area contributed by atoms with Crippen molar-refractivity contribution in [3.8, 4) is 0 Å². The molecule has 2 aliphatic rings. The Labute approximate surface area is 91.8 Å². The van der Waals surface area contributed by atoms with Crippen molar-refractivity contribution in [3.63, 3.8) is 0 Å². The van der Waals surface area contributed by atoms with Crippen LogP contribution in [0.1, 0.15) is 17.2 Å². The van der Waals surface area contributed by atoms with Gasteiger partial charge in [-0.05, 0) is 24.3 Å². The molecule has 1 aliphatic carbocycles. The first-order valence-electron chi connectivity index (χ1n) is 4.98. The molecule has 1 aromatic rings. The summed E-state index contributed by atoms with van der Waals surface area (Å²) in [5.74, 6) is -0.471. The van der Waals surface area contributed by atoms with E-state index >= 15 is 0 Å². The molecule has 2 atom stereocenters. The zero-order valence-electron chi connectivity index (χ0n) is 8.67. The van der Waals surface area contributed by atoms with Gasteiger partial charge in [0.25, 0.3) is 0 Å². The second kappa shape index (κ2) is 3.09. The van der Waals surface area contributed by atoms with Gasteiger partial charge >= 0.3 is 5.63 Å². The molecule has 3 rings (SSSR count). The van der Waals surface area contributed by atoms with Crippen LogP contribution in [0.4, 0.5) is 0 Å². The normalized spacial score (nSPS) is 29.7. The first-order chi connectivity index (χ1) is 7.75. The van der Waals surface area contributed by atoms with Crippen LogP contribution in [0.5, 0.6) is 0 Å². The molecule has 2 heterocycles. The van der Waals surface area contributed by atoms with Crippen molar-refractivity contribution in [2.75, 3.05) is 7.11 Å². The van der Waals surface area contributed by atoms with Gasteiger partial charge in [0.2, 0.25) is 5.79 Å². The summed E-state index contributed by atoms with van der Waals surface area (Å²) in [5, 5.41) is 0. The number of fused-ring (bicyclic) bond motifs is 3. The highest BCUT2D eigenvalue weighted by atomic mass is 16.7. The molecule has 0 saturated heterocycles. The van der Waals surface area contributed by atoms with Crippen LogP contribution in [0.25, 0.3) is 6.08 Å². The molecule has 4 heteroatoms. The Morgan fingerprint density at radius 2 is 2.31 bits per heavy atom. The Morgan fingerprint density at radius 3 is 3.12 bits per heavy atom. The molecular formula is C12H10O4. The highest BCUT2D eigenvalue weighted by Crippen LogP contribution is 2.43. The monoisotopic (exact) mass is 218 g/mol. The van der Waals surface area contributed by atoms with E-state index in [4.69, 9.17) is 13.9 Å². The van der Waals surface area contributed by atoms with Crippen molar-refractivity contribution >= 4 is 6.08 Å². The van der Waals surface area contributed by atoms with Crippen LogP contribution in [0, 0.1) is 0 Å². The fraction of sp³-hybridized carbons (Fsp3) is 0.250. The van der Waals surface area contributed by atoms with E-state index in [2.05, 4.69) is 0 Å². The summed E-state index contributed by atoms with van der Waals surface area (Å²) in [7, 11) is 1.57. The van der Waals surface area contributed by atoms with Crippen molar-refractivity contribution in [2.45, 2.75) is 11.7 Å². The number of methoxy groups -OCH3 is 1. The fourth-order valence-electron chi connectivity index (χ4n) is 2.12. The zero-order chi connectivity index (χ0) is 11.2. The zero-order valence-corrected chi connectivity index (χ0v) is 8.67. The minimum absolute atomic E-state index is 0.202. The Hall–Kier alpha value is -1.81. The molecule has 4 nitrogen and oxygen atoms in total. The molecule has 0 spiro atoms.